The summed E-state index contributed by atoms with van der Waals surface area (Å²) < 4.78 is 0. The number of nitrogens with two attached hydrogens (primary N) is 1. The Morgan fingerprint density at radius 3 is 1.94 bits per heavy atom. The number of aliphatic carboxylic acids is 1. The first-order valence-corrected chi connectivity index (χ1v) is 7.56. The Labute approximate surface area is 112 Å². The zero-order valence-electron chi connectivity index (χ0n) is 12.2. The van der Waals surface area contributed by atoms with Gasteiger partial charge in [0.05, 0.1) is 5.41 Å². The lowest BCUT2D eigenvalue weighted by atomic mass is 9.78. The molecule has 0 aromatic rings. The van der Waals surface area contributed by atoms with Crippen molar-refractivity contribution >= 4 is 5.97 Å². The molecular formula is C15H31NO2. The highest BCUT2D eigenvalue weighted by atomic mass is 16.4. The molecule has 1 unspecified atom stereocenters. The van der Waals surface area contributed by atoms with Crippen LogP contribution in [-0.4, -0.2) is 17.6 Å². The number of carboxylic acids is 1. The van der Waals surface area contributed by atoms with E-state index >= 15 is 0 Å². The molecule has 0 spiro atoms. The summed E-state index contributed by atoms with van der Waals surface area (Å²) >= 11 is 0. The molecule has 3 N–H and O–H groups in total. The van der Waals surface area contributed by atoms with E-state index in [-0.39, 0.29) is 6.54 Å². The summed E-state index contributed by atoms with van der Waals surface area (Å²) in [4.78, 5) is 11.4. The Hall–Kier alpha value is -0.570. The first-order valence-electron chi connectivity index (χ1n) is 7.56. The van der Waals surface area contributed by atoms with Gasteiger partial charge in [0.25, 0.3) is 0 Å². The highest BCUT2D eigenvalue weighted by Crippen LogP contribution is 2.30. The highest BCUT2D eigenvalue weighted by molar-refractivity contribution is 5.74. The van der Waals surface area contributed by atoms with Crippen molar-refractivity contribution in [2.24, 2.45) is 11.1 Å². The van der Waals surface area contributed by atoms with Gasteiger partial charge in [0, 0.05) is 6.54 Å². The standard InChI is InChI=1S/C15H31NO2/c1-3-5-6-7-8-9-10-12-15(13-16,11-4-2)14(17)18/h3-13,16H2,1-2H3,(H,17,18). The number of rotatable bonds is 12. The maximum absolute atomic E-state index is 11.4. The summed E-state index contributed by atoms with van der Waals surface area (Å²) in [6, 6.07) is 0. The van der Waals surface area contributed by atoms with Crippen LogP contribution in [0, 0.1) is 5.41 Å². The number of unbranched alkanes of at least 4 members (excludes halogenated alkanes) is 6. The van der Waals surface area contributed by atoms with Gasteiger partial charge in [0.15, 0.2) is 0 Å². The molecule has 0 rings (SSSR count). The molecule has 1 atom stereocenters. The van der Waals surface area contributed by atoms with E-state index in [0.717, 1.165) is 25.7 Å². The van der Waals surface area contributed by atoms with Crippen molar-refractivity contribution in [2.45, 2.75) is 78.1 Å². The average Bonchev–Trinajstić information content (AvgIpc) is 2.36. The molecule has 0 aliphatic heterocycles. The molecule has 0 aromatic carbocycles. The van der Waals surface area contributed by atoms with Crippen molar-refractivity contribution in [2.75, 3.05) is 6.54 Å². The van der Waals surface area contributed by atoms with Crippen LogP contribution >= 0.6 is 0 Å². The second-order valence-electron chi connectivity index (χ2n) is 5.41. The second kappa shape index (κ2) is 10.4. The maximum atomic E-state index is 11.4. The third kappa shape index (κ3) is 6.39. The topological polar surface area (TPSA) is 63.3 Å². The summed E-state index contributed by atoms with van der Waals surface area (Å²) in [7, 11) is 0. The molecule has 108 valence electrons. The van der Waals surface area contributed by atoms with E-state index in [2.05, 4.69) is 6.92 Å². The lowest BCUT2D eigenvalue weighted by molar-refractivity contribution is -0.149. The van der Waals surface area contributed by atoms with Gasteiger partial charge in [-0.05, 0) is 12.8 Å². The Morgan fingerprint density at radius 1 is 0.944 bits per heavy atom. The van der Waals surface area contributed by atoms with Crippen LogP contribution in [0.25, 0.3) is 0 Å². The van der Waals surface area contributed by atoms with Crippen molar-refractivity contribution in [3.8, 4) is 0 Å². The lowest BCUT2D eigenvalue weighted by Gasteiger charge is -2.27. The average molecular weight is 257 g/mol. The summed E-state index contributed by atoms with van der Waals surface area (Å²) in [5, 5.41) is 9.35. The van der Waals surface area contributed by atoms with Crippen LogP contribution in [0.5, 0.6) is 0 Å². The van der Waals surface area contributed by atoms with Gasteiger partial charge < -0.3 is 10.8 Å². The van der Waals surface area contributed by atoms with Crippen molar-refractivity contribution in [3.05, 3.63) is 0 Å². The third-order valence-electron chi connectivity index (χ3n) is 3.83. The fraction of sp³-hybridized carbons (Fsp3) is 0.933. The number of carboxylic acid groups (broad SMARTS) is 1. The SMILES string of the molecule is CCCCCCCCCC(CN)(CCC)C(=O)O. The van der Waals surface area contributed by atoms with Gasteiger partial charge >= 0.3 is 5.97 Å². The molecule has 0 radical (unpaired) electrons. The van der Waals surface area contributed by atoms with E-state index in [0.29, 0.717) is 6.42 Å². The zero-order valence-corrected chi connectivity index (χ0v) is 12.2. The van der Waals surface area contributed by atoms with Crippen LogP contribution in [-0.2, 0) is 4.79 Å². The molecule has 3 heteroatoms. The molecule has 3 nitrogen and oxygen atoms in total. The Kier molecular flexibility index (Phi) is 10.0. The van der Waals surface area contributed by atoms with Crippen LogP contribution < -0.4 is 5.73 Å². The minimum absolute atomic E-state index is 0.270. The quantitative estimate of drug-likeness (QED) is 0.520. The summed E-state index contributed by atoms with van der Waals surface area (Å²) in [5.74, 6) is -0.710. The van der Waals surface area contributed by atoms with Crippen LogP contribution in [0.3, 0.4) is 0 Å². The first kappa shape index (κ1) is 17.4. The molecule has 0 fully saturated rings. The fourth-order valence-corrected chi connectivity index (χ4v) is 2.53. The van der Waals surface area contributed by atoms with E-state index in [1.807, 2.05) is 6.92 Å². The molecule has 0 aliphatic rings. The summed E-state index contributed by atoms with van der Waals surface area (Å²) in [6.07, 6.45) is 10.9. The predicted octanol–water partition coefficient (Wildman–Crippen LogP) is 3.96. The van der Waals surface area contributed by atoms with Crippen LogP contribution in [0.15, 0.2) is 0 Å². The zero-order chi connectivity index (χ0) is 13.9. The molecule has 0 aromatic heterocycles. The van der Waals surface area contributed by atoms with Gasteiger partial charge in [-0.3, -0.25) is 4.79 Å². The van der Waals surface area contributed by atoms with Gasteiger partial charge in [-0.1, -0.05) is 65.2 Å². The fourth-order valence-electron chi connectivity index (χ4n) is 2.53. The maximum Gasteiger partial charge on any atom is 0.310 e. The largest absolute Gasteiger partial charge is 0.481 e. The smallest absolute Gasteiger partial charge is 0.310 e. The highest BCUT2D eigenvalue weighted by Gasteiger charge is 2.35. The Balaban J connectivity index is 3.86. The van der Waals surface area contributed by atoms with Crippen molar-refractivity contribution in [1.29, 1.82) is 0 Å². The molecule has 0 aliphatic carbocycles. The monoisotopic (exact) mass is 257 g/mol. The minimum atomic E-state index is -0.710. The number of carbonyl (C=O) groups is 1. The normalized spacial score (nSPS) is 14.4. The van der Waals surface area contributed by atoms with E-state index in [1.165, 1.54) is 32.1 Å². The van der Waals surface area contributed by atoms with Gasteiger partial charge in [0.1, 0.15) is 0 Å². The predicted molar refractivity (Wildman–Crippen MR) is 76.6 cm³/mol. The van der Waals surface area contributed by atoms with Crippen molar-refractivity contribution in [1.82, 2.24) is 0 Å². The van der Waals surface area contributed by atoms with Crippen molar-refractivity contribution < 1.29 is 9.90 Å². The van der Waals surface area contributed by atoms with Crippen LogP contribution in [0.2, 0.25) is 0 Å². The van der Waals surface area contributed by atoms with Crippen LogP contribution in [0.1, 0.15) is 78.1 Å². The van der Waals surface area contributed by atoms with Gasteiger partial charge in [-0.25, -0.2) is 0 Å². The van der Waals surface area contributed by atoms with Gasteiger partial charge in [-0.2, -0.15) is 0 Å². The van der Waals surface area contributed by atoms with Gasteiger partial charge in [-0.15, -0.1) is 0 Å². The minimum Gasteiger partial charge on any atom is -0.481 e. The summed E-state index contributed by atoms with van der Waals surface area (Å²) in [6.45, 7) is 4.51. The molecule has 0 saturated carbocycles. The molecule has 0 saturated heterocycles. The second-order valence-corrected chi connectivity index (χ2v) is 5.41. The van der Waals surface area contributed by atoms with Crippen molar-refractivity contribution in [3.63, 3.8) is 0 Å². The Bertz CT molecular complexity index is 219. The summed E-state index contributed by atoms with van der Waals surface area (Å²) in [5.41, 5.74) is 5.03. The van der Waals surface area contributed by atoms with E-state index in [9.17, 15) is 9.90 Å². The molecule has 0 amide bonds. The molecular weight excluding hydrogens is 226 g/mol. The molecule has 0 bridgehead atoms. The van der Waals surface area contributed by atoms with E-state index in [4.69, 9.17) is 5.73 Å². The number of hydrogen-bond acceptors (Lipinski definition) is 2. The first-order chi connectivity index (χ1) is 8.63. The Morgan fingerprint density at radius 2 is 1.50 bits per heavy atom. The third-order valence-corrected chi connectivity index (χ3v) is 3.83. The lowest BCUT2D eigenvalue weighted by Crippen LogP contribution is -2.38. The van der Waals surface area contributed by atoms with E-state index in [1.54, 1.807) is 0 Å². The number of hydrogen-bond donors (Lipinski definition) is 2. The van der Waals surface area contributed by atoms with Crippen LogP contribution in [0.4, 0.5) is 0 Å². The van der Waals surface area contributed by atoms with Gasteiger partial charge in [0.2, 0.25) is 0 Å². The molecule has 0 heterocycles. The van der Waals surface area contributed by atoms with E-state index < -0.39 is 11.4 Å². The molecule has 18 heavy (non-hydrogen) atoms.